The van der Waals surface area contributed by atoms with E-state index in [1.165, 1.54) is 32.8 Å². The van der Waals surface area contributed by atoms with Gasteiger partial charge in [0.25, 0.3) is 0 Å². The Balaban J connectivity index is 0.00000241. The van der Waals surface area contributed by atoms with Crippen LogP contribution in [0.2, 0.25) is 26.2 Å². The van der Waals surface area contributed by atoms with Crippen LogP contribution in [0, 0.1) is 7.43 Å². The van der Waals surface area contributed by atoms with E-state index in [4.69, 9.17) is 4.65 Å². The fourth-order valence-corrected chi connectivity index (χ4v) is 25.0. The summed E-state index contributed by atoms with van der Waals surface area (Å²) in [6.07, 6.45) is 0. The maximum Gasteiger partial charge on any atom is 2.00 e. The van der Waals surface area contributed by atoms with Crippen LogP contribution in [-0.4, -0.2) is 28.0 Å². The standard InChI is InChI=1S/C30H36NP2Si2.CH3.Cr/c1-34(2,25-32(27-17-9-5-10-18-27)28-19-11-6-12-20-28)31-35(3,4)26-33(29-21-13-7-14-22-29)30-23-15-8-16-24-30;;/h5-24H,25-26H2,1-4H3;1H3;/q2*-1;+2. The minimum Gasteiger partial charge on any atom is -0.667 e. The predicted octanol–water partition coefficient (Wildman–Crippen LogP) is 7.56. The molecule has 0 amide bonds. The summed E-state index contributed by atoms with van der Waals surface area (Å²) in [4.78, 5) is 0. The Bertz CT molecular complexity index is 1000. The van der Waals surface area contributed by atoms with Crippen molar-refractivity contribution >= 4 is 53.5 Å². The van der Waals surface area contributed by atoms with Crippen LogP contribution in [0.25, 0.3) is 4.65 Å². The first kappa shape index (κ1) is 31.9. The van der Waals surface area contributed by atoms with Gasteiger partial charge in [-0.3, -0.25) is 0 Å². The van der Waals surface area contributed by atoms with Crippen molar-refractivity contribution < 1.29 is 17.4 Å². The zero-order valence-corrected chi connectivity index (χ0v) is 27.8. The molecule has 0 atom stereocenters. The van der Waals surface area contributed by atoms with E-state index >= 15 is 0 Å². The van der Waals surface area contributed by atoms with Crippen molar-refractivity contribution in [2.45, 2.75) is 26.2 Å². The molecule has 0 unspecified atom stereocenters. The molecule has 4 aromatic carbocycles. The van der Waals surface area contributed by atoms with Gasteiger partial charge in [0.2, 0.25) is 0 Å². The van der Waals surface area contributed by atoms with Gasteiger partial charge < -0.3 is 12.1 Å². The third-order valence-corrected chi connectivity index (χ3v) is 23.2. The molecule has 0 saturated carbocycles. The van der Waals surface area contributed by atoms with E-state index in [0.29, 0.717) is 0 Å². The number of benzene rings is 4. The summed E-state index contributed by atoms with van der Waals surface area (Å²) in [5.41, 5.74) is 0. The molecule has 0 N–H and O–H groups in total. The summed E-state index contributed by atoms with van der Waals surface area (Å²) >= 11 is 0. The first-order valence-electron chi connectivity index (χ1n) is 12.3. The zero-order valence-electron chi connectivity index (χ0n) is 22.7. The molecule has 0 spiro atoms. The smallest absolute Gasteiger partial charge is 0.667 e. The van der Waals surface area contributed by atoms with E-state index in [9.17, 15) is 0 Å². The minimum atomic E-state index is -1.81. The molecule has 37 heavy (non-hydrogen) atoms. The van der Waals surface area contributed by atoms with E-state index in [1.807, 2.05) is 0 Å². The largest absolute Gasteiger partial charge is 2.00 e. The predicted molar refractivity (Wildman–Crippen MR) is 173 cm³/mol. The molecule has 0 heterocycles. The monoisotopic (exact) mass is 595 g/mol. The third kappa shape index (κ3) is 9.42. The van der Waals surface area contributed by atoms with Gasteiger partial charge in [0.05, 0.1) is 0 Å². The molecule has 0 saturated heterocycles. The van der Waals surface area contributed by atoms with Crippen LogP contribution in [0.15, 0.2) is 121 Å². The topological polar surface area (TPSA) is 14.1 Å². The Hall–Kier alpha value is -1.33. The number of nitrogens with zero attached hydrogens (tertiary/aromatic N) is 1. The van der Waals surface area contributed by atoms with E-state index in [-0.39, 0.29) is 24.8 Å². The van der Waals surface area contributed by atoms with Crippen LogP contribution < -0.4 is 21.2 Å². The molecule has 4 aromatic rings. The SMILES string of the molecule is C[Si](C)(CP(c1ccccc1)c1ccccc1)[N-][Si](C)(C)CP(c1ccccc1)c1ccccc1.[CH3-].[Cr+2]. The Morgan fingerprint density at radius 1 is 0.459 bits per heavy atom. The van der Waals surface area contributed by atoms with Crippen LogP contribution in [0.3, 0.4) is 0 Å². The van der Waals surface area contributed by atoms with Crippen molar-refractivity contribution in [1.29, 1.82) is 0 Å². The molecule has 0 bridgehead atoms. The third-order valence-electron chi connectivity index (χ3n) is 5.97. The molecular weight excluding hydrogens is 556 g/mol. The van der Waals surface area contributed by atoms with Gasteiger partial charge in [0, 0.05) is 0 Å². The second kappa shape index (κ2) is 14.7. The molecule has 192 valence electrons. The molecule has 0 radical (unpaired) electrons. The fraction of sp³-hybridized carbons (Fsp3) is 0.194. The van der Waals surface area contributed by atoms with Gasteiger partial charge in [-0.1, -0.05) is 164 Å². The Kier molecular flexibility index (Phi) is 12.7. The quantitative estimate of drug-likeness (QED) is 0.102. The summed E-state index contributed by atoms with van der Waals surface area (Å²) in [7, 11) is -4.43. The van der Waals surface area contributed by atoms with Gasteiger partial charge in [0.15, 0.2) is 0 Å². The van der Waals surface area contributed by atoms with Crippen molar-refractivity contribution in [2.75, 3.05) is 11.6 Å². The van der Waals surface area contributed by atoms with Gasteiger partial charge in [-0.2, -0.15) is 0 Å². The average molecular weight is 596 g/mol. The normalized spacial score (nSPS) is 11.6. The van der Waals surface area contributed by atoms with Crippen LogP contribution in [0.4, 0.5) is 0 Å². The van der Waals surface area contributed by atoms with Crippen LogP contribution in [-0.2, 0) is 17.4 Å². The van der Waals surface area contributed by atoms with Gasteiger partial charge in [0.1, 0.15) is 0 Å². The van der Waals surface area contributed by atoms with Crippen molar-refractivity contribution in [3.63, 3.8) is 0 Å². The summed E-state index contributed by atoms with van der Waals surface area (Å²) in [5, 5.41) is 5.89. The molecule has 1 nitrogen and oxygen atoms in total. The summed E-state index contributed by atoms with van der Waals surface area (Å²) in [5.74, 6) is 2.42. The second-order valence-corrected chi connectivity index (χ2v) is 24.7. The van der Waals surface area contributed by atoms with Gasteiger partial charge in [-0.25, -0.2) is 0 Å². The molecule has 4 rings (SSSR count). The van der Waals surface area contributed by atoms with E-state index in [2.05, 4.69) is 148 Å². The molecule has 0 aliphatic heterocycles. The zero-order chi connectivity index (χ0) is 24.7. The molecule has 0 aliphatic rings. The summed E-state index contributed by atoms with van der Waals surface area (Å²) < 4.78 is 5.83. The van der Waals surface area contributed by atoms with Gasteiger partial charge in [-0.15, -0.1) is 0 Å². The first-order chi connectivity index (χ1) is 16.8. The number of hydrogen-bond acceptors (Lipinski definition) is 0. The van der Waals surface area contributed by atoms with Crippen LogP contribution >= 0.6 is 15.8 Å². The fourth-order valence-electron chi connectivity index (χ4n) is 4.76. The van der Waals surface area contributed by atoms with Crippen LogP contribution in [0.5, 0.6) is 0 Å². The second-order valence-electron chi connectivity index (χ2n) is 10.3. The van der Waals surface area contributed by atoms with Crippen molar-refractivity contribution in [1.82, 2.24) is 0 Å². The van der Waals surface area contributed by atoms with Crippen molar-refractivity contribution in [3.8, 4) is 0 Å². The van der Waals surface area contributed by atoms with Crippen LogP contribution in [0.1, 0.15) is 0 Å². The van der Waals surface area contributed by atoms with Gasteiger partial charge in [-0.05, 0) is 48.6 Å². The Labute approximate surface area is 241 Å². The maximum atomic E-state index is 5.83. The Morgan fingerprint density at radius 2 is 0.676 bits per heavy atom. The molecule has 0 aliphatic carbocycles. The summed E-state index contributed by atoms with van der Waals surface area (Å²) in [6.45, 7) is 9.99. The van der Waals surface area contributed by atoms with Crippen molar-refractivity contribution in [2.24, 2.45) is 0 Å². The van der Waals surface area contributed by atoms with Gasteiger partial charge >= 0.3 is 17.4 Å². The average Bonchev–Trinajstić information content (AvgIpc) is 2.87. The Morgan fingerprint density at radius 3 is 0.892 bits per heavy atom. The molecular formula is C31H39CrNP2Si2. The van der Waals surface area contributed by atoms with E-state index < -0.39 is 32.3 Å². The van der Waals surface area contributed by atoms with E-state index in [0.717, 1.165) is 0 Å². The molecule has 0 fully saturated rings. The molecule has 0 aromatic heterocycles. The first-order valence-corrected chi connectivity index (χ1v) is 21.7. The van der Waals surface area contributed by atoms with Crippen molar-refractivity contribution in [3.05, 3.63) is 133 Å². The summed E-state index contributed by atoms with van der Waals surface area (Å²) in [6, 6.07) is 44.5. The number of hydrogen-bond donors (Lipinski definition) is 0. The van der Waals surface area contributed by atoms with E-state index in [1.54, 1.807) is 0 Å². The number of rotatable bonds is 10. The molecule has 6 heteroatoms. The maximum absolute atomic E-state index is 5.83. The minimum absolute atomic E-state index is 0.